The summed E-state index contributed by atoms with van der Waals surface area (Å²) in [6.45, 7) is 1.99. The van der Waals surface area contributed by atoms with E-state index in [1.807, 2.05) is 6.07 Å². The molecule has 1 aromatic carbocycles. The SMILES string of the molecule is Cn1c(CNCC2CCSC2)nc2ccccc21. The zero-order valence-electron chi connectivity index (χ0n) is 10.7. The smallest absolute Gasteiger partial charge is 0.123 e. The van der Waals surface area contributed by atoms with E-state index >= 15 is 0 Å². The summed E-state index contributed by atoms with van der Waals surface area (Å²) in [6.07, 6.45) is 1.36. The lowest BCUT2D eigenvalue weighted by Gasteiger charge is -2.09. The molecular weight excluding hydrogens is 242 g/mol. The number of aryl methyl sites for hydroxylation is 1. The molecule has 0 amide bonds. The predicted octanol–water partition coefficient (Wildman–Crippen LogP) is 2.42. The maximum Gasteiger partial charge on any atom is 0.123 e. The minimum atomic E-state index is 0.852. The van der Waals surface area contributed by atoms with Gasteiger partial charge in [0.2, 0.25) is 0 Å². The van der Waals surface area contributed by atoms with E-state index in [-0.39, 0.29) is 0 Å². The van der Waals surface area contributed by atoms with Crippen LogP contribution in [-0.2, 0) is 13.6 Å². The molecule has 0 bridgehead atoms. The molecule has 3 rings (SSSR count). The summed E-state index contributed by atoms with van der Waals surface area (Å²) in [5.74, 6) is 4.63. The van der Waals surface area contributed by atoms with Crippen LogP contribution < -0.4 is 5.32 Å². The maximum absolute atomic E-state index is 4.67. The van der Waals surface area contributed by atoms with Crippen molar-refractivity contribution in [3.8, 4) is 0 Å². The molecule has 1 atom stereocenters. The van der Waals surface area contributed by atoms with Crippen LogP contribution >= 0.6 is 11.8 Å². The molecule has 3 nitrogen and oxygen atoms in total. The van der Waals surface area contributed by atoms with Crippen LogP contribution in [0.4, 0.5) is 0 Å². The zero-order chi connectivity index (χ0) is 12.4. The van der Waals surface area contributed by atoms with Crippen LogP contribution in [0.15, 0.2) is 24.3 Å². The number of aromatic nitrogens is 2. The van der Waals surface area contributed by atoms with Crippen molar-refractivity contribution in [1.82, 2.24) is 14.9 Å². The number of fused-ring (bicyclic) bond motifs is 1. The Labute approximate surface area is 112 Å². The third kappa shape index (κ3) is 2.40. The van der Waals surface area contributed by atoms with Crippen molar-refractivity contribution in [3.63, 3.8) is 0 Å². The molecule has 1 unspecified atom stereocenters. The van der Waals surface area contributed by atoms with Gasteiger partial charge in [-0.2, -0.15) is 11.8 Å². The van der Waals surface area contributed by atoms with E-state index in [0.29, 0.717) is 0 Å². The molecule has 1 aliphatic heterocycles. The fourth-order valence-electron chi connectivity index (χ4n) is 2.49. The molecule has 1 saturated heterocycles. The summed E-state index contributed by atoms with van der Waals surface area (Å²) in [7, 11) is 2.10. The van der Waals surface area contributed by atoms with E-state index in [4.69, 9.17) is 0 Å². The van der Waals surface area contributed by atoms with Gasteiger partial charge in [0.25, 0.3) is 0 Å². The van der Waals surface area contributed by atoms with Gasteiger partial charge in [0.15, 0.2) is 0 Å². The fourth-order valence-corrected chi connectivity index (χ4v) is 3.77. The molecule has 96 valence electrons. The first-order valence-electron chi connectivity index (χ1n) is 6.53. The number of hydrogen-bond donors (Lipinski definition) is 1. The second kappa shape index (κ2) is 5.33. The Bertz CT molecular complexity index is 529. The highest BCUT2D eigenvalue weighted by molar-refractivity contribution is 7.99. The topological polar surface area (TPSA) is 29.9 Å². The number of para-hydroxylation sites is 2. The third-order valence-corrected chi connectivity index (χ3v) is 4.85. The Balaban J connectivity index is 1.65. The summed E-state index contributed by atoms with van der Waals surface area (Å²) >= 11 is 2.07. The molecule has 1 fully saturated rings. The first kappa shape index (κ1) is 12.1. The number of thioether (sulfide) groups is 1. The van der Waals surface area contributed by atoms with E-state index < -0.39 is 0 Å². The van der Waals surface area contributed by atoms with Gasteiger partial charge in [-0.05, 0) is 42.5 Å². The van der Waals surface area contributed by atoms with Crippen LogP contribution in [0.25, 0.3) is 11.0 Å². The molecule has 1 aliphatic rings. The van der Waals surface area contributed by atoms with E-state index in [9.17, 15) is 0 Å². The van der Waals surface area contributed by atoms with E-state index in [2.05, 4.69) is 51.9 Å². The van der Waals surface area contributed by atoms with Gasteiger partial charge in [0.1, 0.15) is 5.82 Å². The molecule has 18 heavy (non-hydrogen) atoms. The molecule has 0 saturated carbocycles. The maximum atomic E-state index is 4.67. The summed E-state index contributed by atoms with van der Waals surface area (Å²) in [5.41, 5.74) is 2.30. The Morgan fingerprint density at radius 1 is 1.44 bits per heavy atom. The number of rotatable bonds is 4. The van der Waals surface area contributed by atoms with Crippen LogP contribution in [0.1, 0.15) is 12.2 Å². The van der Waals surface area contributed by atoms with Gasteiger partial charge < -0.3 is 9.88 Å². The van der Waals surface area contributed by atoms with Crippen molar-refractivity contribution < 1.29 is 0 Å². The normalized spacial score (nSPS) is 19.7. The van der Waals surface area contributed by atoms with Crippen LogP contribution in [0.3, 0.4) is 0 Å². The summed E-state index contributed by atoms with van der Waals surface area (Å²) in [5, 5.41) is 3.55. The van der Waals surface area contributed by atoms with E-state index in [1.54, 1.807) is 0 Å². The minimum absolute atomic E-state index is 0.852. The van der Waals surface area contributed by atoms with Gasteiger partial charge in [-0.15, -0.1) is 0 Å². The molecule has 2 heterocycles. The fraction of sp³-hybridized carbons (Fsp3) is 0.500. The van der Waals surface area contributed by atoms with Crippen LogP contribution in [0, 0.1) is 5.92 Å². The van der Waals surface area contributed by atoms with Crippen molar-refractivity contribution in [3.05, 3.63) is 30.1 Å². The second-order valence-corrected chi connectivity index (χ2v) is 6.09. The largest absolute Gasteiger partial charge is 0.330 e. The highest BCUT2D eigenvalue weighted by atomic mass is 32.2. The van der Waals surface area contributed by atoms with Crippen LogP contribution in [0.2, 0.25) is 0 Å². The highest BCUT2D eigenvalue weighted by Crippen LogP contribution is 2.22. The number of benzene rings is 1. The number of nitrogens with one attached hydrogen (secondary N) is 1. The Morgan fingerprint density at radius 3 is 3.11 bits per heavy atom. The standard InChI is InChI=1S/C14H19N3S/c1-17-13-5-3-2-4-12(13)16-14(17)9-15-8-11-6-7-18-10-11/h2-5,11,15H,6-10H2,1H3. The van der Waals surface area contributed by atoms with Crippen molar-refractivity contribution in [2.45, 2.75) is 13.0 Å². The quantitative estimate of drug-likeness (QED) is 0.916. The number of imidazole rings is 1. The summed E-state index contributed by atoms with van der Waals surface area (Å²) < 4.78 is 2.19. The molecule has 1 N–H and O–H groups in total. The van der Waals surface area contributed by atoms with Gasteiger partial charge in [0.05, 0.1) is 17.6 Å². The molecular formula is C14H19N3S. The highest BCUT2D eigenvalue weighted by Gasteiger charge is 2.15. The van der Waals surface area contributed by atoms with Crippen molar-refractivity contribution >= 4 is 22.8 Å². The third-order valence-electron chi connectivity index (χ3n) is 3.62. The van der Waals surface area contributed by atoms with Crippen molar-refractivity contribution in [2.24, 2.45) is 13.0 Å². The predicted molar refractivity (Wildman–Crippen MR) is 77.9 cm³/mol. The van der Waals surface area contributed by atoms with Gasteiger partial charge in [-0.25, -0.2) is 4.98 Å². The minimum Gasteiger partial charge on any atom is -0.330 e. The molecule has 1 aromatic heterocycles. The average Bonchev–Trinajstić information content (AvgIpc) is 3.00. The van der Waals surface area contributed by atoms with Crippen LogP contribution in [0.5, 0.6) is 0 Å². The first-order chi connectivity index (χ1) is 8.84. The average molecular weight is 261 g/mol. The lowest BCUT2D eigenvalue weighted by molar-refractivity contribution is 0.512. The first-order valence-corrected chi connectivity index (χ1v) is 7.69. The van der Waals surface area contributed by atoms with E-state index in [1.165, 1.54) is 23.4 Å². The van der Waals surface area contributed by atoms with Gasteiger partial charge in [-0.1, -0.05) is 12.1 Å². The molecule has 4 heteroatoms. The van der Waals surface area contributed by atoms with Crippen molar-refractivity contribution in [2.75, 3.05) is 18.1 Å². The number of nitrogens with zero attached hydrogens (tertiary/aromatic N) is 2. The van der Waals surface area contributed by atoms with E-state index in [0.717, 1.165) is 30.3 Å². The van der Waals surface area contributed by atoms with Gasteiger partial charge >= 0.3 is 0 Å². The lowest BCUT2D eigenvalue weighted by atomic mass is 10.1. The monoisotopic (exact) mass is 261 g/mol. The summed E-state index contributed by atoms with van der Waals surface area (Å²) in [6, 6.07) is 8.31. The Morgan fingerprint density at radius 2 is 2.33 bits per heavy atom. The number of hydrogen-bond acceptors (Lipinski definition) is 3. The molecule has 0 aliphatic carbocycles. The Hall–Kier alpha value is -1.00. The van der Waals surface area contributed by atoms with Crippen molar-refractivity contribution in [1.29, 1.82) is 0 Å². The van der Waals surface area contributed by atoms with Gasteiger partial charge in [-0.3, -0.25) is 0 Å². The van der Waals surface area contributed by atoms with Gasteiger partial charge in [0, 0.05) is 7.05 Å². The van der Waals surface area contributed by atoms with Crippen LogP contribution in [-0.4, -0.2) is 27.6 Å². The zero-order valence-corrected chi connectivity index (χ0v) is 11.5. The molecule has 2 aromatic rings. The molecule has 0 radical (unpaired) electrons. The lowest BCUT2D eigenvalue weighted by Crippen LogP contribution is -2.23. The second-order valence-electron chi connectivity index (χ2n) is 4.94. The summed E-state index contributed by atoms with van der Waals surface area (Å²) in [4.78, 5) is 4.67. The Kier molecular flexibility index (Phi) is 3.57. The molecule has 0 spiro atoms.